The van der Waals surface area contributed by atoms with E-state index in [1.54, 1.807) is 6.92 Å². The number of nitrogens with one attached hydrogen (secondary N) is 2. The predicted molar refractivity (Wildman–Crippen MR) is 95.7 cm³/mol. The van der Waals surface area contributed by atoms with Crippen molar-refractivity contribution in [2.75, 3.05) is 17.7 Å². The fourth-order valence-electron chi connectivity index (χ4n) is 2.44. The summed E-state index contributed by atoms with van der Waals surface area (Å²) in [6, 6.07) is 5.85. The molecule has 0 saturated heterocycles. The second-order valence-corrected chi connectivity index (χ2v) is 6.59. The van der Waals surface area contributed by atoms with Crippen molar-refractivity contribution >= 4 is 23.4 Å². The number of carbonyl (C=O) groups is 1. The van der Waals surface area contributed by atoms with E-state index < -0.39 is 0 Å². The SMILES string of the molecule is Cc1cc(C)cc(NC(=O)CSc2nc(C)c(CCO)c(=O)[nH]2)c1. The Morgan fingerprint density at radius 2 is 1.92 bits per heavy atom. The minimum absolute atomic E-state index is 0.101. The molecule has 0 aliphatic heterocycles. The average Bonchev–Trinajstić information content (AvgIpc) is 2.48. The summed E-state index contributed by atoms with van der Waals surface area (Å²) in [5, 5.41) is 12.2. The summed E-state index contributed by atoms with van der Waals surface area (Å²) in [4.78, 5) is 30.9. The molecule has 0 atom stereocenters. The van der Waals surface area contributed by atoms with E-state index in [0.717, 1.165) is 16.8 Å². The van der Waals surface area contributed by atoms with Crippen molar-refractivity contribution in [3.63, 3.8) is 0 Å². The molecule has 3 N–H and O–H groups in total. The van der Waals surface area contributed by atoms with E-state index >= 15 is 0 Å². The summed E-state index contributed by atoms with van der Waals surface area (Å²) in [6.45, 7) is 5.57. The Hall–Kier alpha value is -2.12. The van der Waals surface area contributed by atoms with Crippen LogP contribution < -0.4 is 10.9 Å². The topological polar surface area (TPSA) is 95.1 Å². The smallest absolute Gasteiger partial charge is 0.255 e. The summed E-state index contributed by atoms with van der Waals surface area (Å²) in [5.41, 5.74) is 3.70. The van der Waals surface area contributed by atoms with Crippen molar-refractivity contribution in [2.45, 2.75) is 32.3 Å². The van der Waals surface area contributed by atoms with E-state index in [1.807, 2.05) is 32.0 Å². The molecule has 7 heteroatoms. The van der Waals surface area contributed by atoms with E-state index in [4.69, 9.17) is 5.11 Å². The number of H-pyrrole nitrogens is 1. The van der Waals surface area contributed by atoms with Crippen LogP contribution in [0, 0.1) is 20.8 Å². The molecule has 1 aromatic heterocycles. The molecule has 2 rings (SSSR count). The molecule has 128 valence electrons. The number of amides is 1. The highest BCUT2D eigenvalue weighted by Gasteiger charge is 2.10. The molecule has 24 heavy (non-hydrogen) atoms. The highest BCUT2D eigenvalue weighted by atomic mass is 32.2. The maximum atomic E-state index is 12.1. The number of rotatable bonds is 6. The van der Waals surface area contributed by atoms with Gasteiger partial charge >= 0.3 is 0 Å². The normalized spacial score (nSPS) is 10.7. The Kier molecular flexibility index (Phi) is 6.16. The second-order valence-electron chi connectivity index (χ2n) is 5.62. The van der Waals surface area contributed by atoms with Gasteiger partial charge in [-0.3, -0.25) is 9.59 Å². The monoisotopic (exact) mass is 347 g/mol. The lowest BCUT2D eigenvalue weighted by Gasteiger charge is -2.08. The van der Waals surface area contributed by atoms with Gasteiger partial charge in [0, 0.05) is 30.0 Å². The number of hydrogen-bond donors (Lipinski definition) is 3. The van der Waals surface area contributed by atoms with Crippen LogP contribution in [0.5, 0.6) is 0 Å². The highest BCUT2D eigenvalue weighted by Crippen LogP contribution is 2.16. The number of aryl methyl sites for hydroxylation is 3. The highest BCUT2D eigenvalue weighted by molar-refractivity contribution is 7.99. The van der Waals surface area contributed by atoms with Gasteiger partial charge in [-0.15, -0.1) is 0 Å². The lowest BCUT2D eigenvalue weighted by Crippen LogP contribution is -2.19. The summed E-state index contributed by atoms with van der Waals surface area (Å²) in [7, 11) is 0. The number of benzene rings is 1. The van der Waals surface area contributed by atoms with Gasteiger partial charge in [0.15, 0.2) is 5.16 Å². The van der Waals surface area contributed by atoms with Gasteiger partial charge in [0.2, 0.25) is 5.91 Å². The minimum Gasteiger partial charge on any atom is -0.396 e. The predicted octanol–water partition coefficient (Wildman–Crippen LogP) is 1.96. The molecule has 0 radical (unpaired) electrons. The van der Waals surface area contributed by atoms with Crippen molar-refractivity contribution in [2.24, 2.45) is 0 Å². The van der Waals surface area contributed by atoms with E-state index in [2.05, 4.69) is 15.3 Å². The number of carbonyl (C=O) groups excluding carboxylic acids is 1. The first-order valence-corrected chi connectivity index (χ1v) is 8.59. The number of thioether (sulfide) groups is 1. The van der Waals surface area contributed by atoms with Crippen LogP contribution in [0.1, 0.15) is 22.4 Å². The molecule has 2 aromatic rings. The third-order valence-corrected chi connectivity index (χ3v) is 4.28. The van der Waals surface area contributed by atoms with Crippen LogP contribution in [0.25, 0.3) is 0 Å². The van der Waals surface area contributed by atoms with Crippen molar-refractivity contribution < 1.29 is 9.90 Å². The van der Waals surface area contributed by atoms with Gasteiger partial charge in [-0.25, -0.2) is 4.98 Å². The molecule has 1 heterocycles. The molecular formula is C17H21N3O3S. The van der Waals surface area contributed by atoms with Gasteiger partial charge in [-0.05, 0) is 44.0 Å². The van der Waals surface area contributed by atoms with E-state index in [-0.39, 0.29) is 30.2 Å². The Balaban J connectivity index is 2.00. The van der Waals surface area contributed by atoms with Crippen LogP contribution in [-0.2, 0) is 11.2 Å². The maximum absolute atomic E-state index is 12.1. The van der Waals surface area contributed by atoms with Crippen molar-refractivity contribution in [3.05, 3.63) is 50.9 Å². The summed E-state index contributed by atoms with van der Waals surface area (Å²) in [6.07, 6.45) is 0.270. The molecule has 6 nitrogen and oxygen atoms in total. The van der Waals surface area contributed by atoms with Gasteiger partial charge in [0.05, 0.1) is 5.75 Å². The van der Waals surface area contributed by atoms with Crippen LogP contribution in [0.15, 0.2) is 28.2 Å². The van der Waals surface area contributed by atoms with Crippen molar-refractivity contribution in [1.82, 2.24) is 9.97 Å². The zero-order valence-electron chi connectivity index (χ0n) is 14.0. The first-order valence-electron chi connectivity index (χ1n) is 7.60. The molecule has 0 aliphatic carbocycles. The number of anilines is 1. The molecule has 0 unspecified atom stereocenters. The number of aromatic nitrogens is 2. The van der Waals surface area contributed by atoms with Crippen LogP contribution in [0.3, 0.4) is 0 Å². The minimum atomic E-state index is -0.270. The molecule has 0 bridgehead atoms. The number of aromatic amines is 1. The first-order chi connectivity index (χ1) is 11.4. The number of aliphatic hydroxyl groups is 1. The zero-order valence-corrected chi connectivity index (χ0v) is 14.8. The number of aliphatic hydroxyl groups excluding tert-OH is 1. The Morgan fingerprint density at radius 1 is 1.25 bits per heavy atom. The van der Waals surface area contributed by atoms with Crippen LogP contribution in [0.2, 0.25) is 0 Å². The molecular weight excluding hydrogens is 326 g/mol. The fraction of sp³-hybridized carbons (Fsp3) is 0.353. The average molecular weight is 347 g/mol. The fourth-order valence-corrected chi connectivity index (χ4v) is 3.14. The van der Waals surface area contributed by atoms with Crippen molar-refractivity contribution in [1.29, 1.82) is 0 Å². The number of hydrogen-bond acceptors (Lipinski definition) is 5. The lowest BCUT2D eigenvalue weighted by molar-refractivity contribution is -0.113. The molecule has 0 fully saturated rings. The van der Waals surface area contributed by atoms with Gasteiger partial charge < -0.3 is 15.4 Å². The van der Waals surface area contributed by atoms with Crippen LogP contribution in [0.4, 0.5) is 5.69 Å². The quantitative estimate of drug-likeness (QED) is 0.548. The van der Waals surface area contributed by atoms with Gasteiger partial charge in [-0.2, -0.15) is 0 Å². The van der Waals surface area contributed by atoms with Gasteiger partial charge in [0.1, 0.15) is 0 Å². The van der Waals surface area contributed by atoms with Crippen molar-refractivity contribution in [3.8, 4) is 0 Å². The molecule has 0 aliphatic rings. The second kappa shape index (κ2) is 8.12. The molecule has 1 amide bonds. The molecule has 0 spiro atoms. The molecule has 0 saturated carbocycles. The standard InChI is InChI=1S/C17H21N3O3S/c1-10-6-11(2)8-13(7-10)19-15(22)9-24-17-18-12(3)14(4-5-21)16(23)20-17/h6-8,21H,4-5,9H2,1-3H3,(H,19,22)(H,18,20,23). The first kappa shape index (κ1) is 18.2. The van der Waals surface area contributed by atoms with Gasteiger partial charge in [-0.1, -0.05) is 17.8 Å². The third kappa shape index (κ3) is 4.94. The Labute approximate surface area is 144 Å². The lowest BCUT2D eigenvalue weighted by atomic mass is 10.1. The maximum Gasteiger partial charge on any atom is 0.255 e. The van der Waals surface area contributed by atoms with Gasteiger partial charge in [0.25, 0.3) is 5.56 Å². The zero-order chi connectivity index (χ0) is 17.7. The van der Waals surface area contributed by atoms with E-state index in [9.17, 15) is 9.59 Å². The van der Waals surface area contributed by atoms with E-state index in [0.29, 0.717) is 16.4 Å². The summed E-state index contributed by atoms with van der Waals surface area (Å²) in [5.74, 6) is -0.0147. The summed E-state index contributed by atoms with van der Waals surface area (Å²) >= 11 is 1.17. The third-order valence-electron chi connectivity index (χ3n) is 3.41. The summed E-state index contributed by atoms with van der Waals surface area (Å²) < 4.78 is 0. The largest absolute Gasteiger partial charge is 0.396 e. The van der Waals surface area contributed by atoms with E-state index in [1.165, 1.54) is 11.8 Å². The van der Waals surface area contributed by atoms with Crippen LogP contribution in [-0.4, -0.2) is 33.3 Å². The van der Waals surface area contributed by atoms with Crippen LogP contribution >= 0.6 is 11.8 Å². The number of nitrogens with zero attached hydrogens (tertiary/aromatic N) is 1. The Morgan fingerprint density at radius 3 is 2.50 bits per heavy atom. The Bertz CT molecular complexity index is 782. The molecule has 1 aromatic carbocycles.